The number of amides is 2. The number of aromatic nitrogens is 1. The second kappa shape index (κ2) is 9.18. The van der Waals surface area contributed by atoms with E-state index in [0.29, 0.717) is 24.6 Å². The Morgan fingerprint density at radius 1 is 1.06 bits per heavy atom. The third-order valence-electron chi connectivity index (χ3n) is 6.00. The molecule has 2 aromatic carbocycles. The van der Waals surface area contributed by atoms with E-state index in [2.05, 4.69) is 17.4 Å². The topological polar surface area (TPSA) is 62.3 Å². The lowest BCUT2D eigenvalue weighted by atomic mass is 9.95. The zero-order valence-electron chi connectivity index (χ0n) is 18.3. The summed E-state index contributed by atoms with van der Waals surface area (Å²) in [7, 11) is 0. The van der Waals surface area contributed by atoms with E-state index in [-0.39, 0.29) is 17.7 Å². The van der Waals surface area contributed by atoms with Crippen LogP contribution in [-0.4, -0.2) is 40.8 Å². The first kappa shape index (κ1) is 21.5. The molecule has 2 amide bonds. The van der Waals surface area contributed by atoms with Crippen molar-refractivity contribution in [2.75, 3.05) is 13.1 Å². The van der Waals surface area contributed by atoms with E-state index >= 15 is 0 Å². The molecule has 4 rings (SSSR count). The van der Waals surface area contributed by atoms with Gasteiger partial charge in [-0.25, -0.2) is 4.98 Å². The molecule has 6 heteroatoms. The largest absolute Gasteiger partial charge is 0.341 e. The number of carbonyl (C=O) groups is 2. The van der Waals surface area contributed by atoms with Gasteiger partial charge in [0.1, 0.15) is 6.04 Å². The summed E-state index contributed by atoms with van der Waals surface area (Å²) < 4.78 is 1.22. The fourth-order valence-corrected chi connectivity index (χ4v) is 5.19. The molecule has 0 unspecified atom stereocenters. The fraction of sp³-hybridized carbons (Fsp3) is 0.400. The number of carbonyl (C=O) groups excluding carboxylic acids is 2. The molecule has 0 saturated carbocycles. The monoisotopic (exact) mass is 435 g/mol. The van der Waals surface area contributed by atoms with E-state index in [1.807, 2.05) is 49.9 Å². The maximum Gasteiger partial charge on any atom is 0.251 e. The minimum absolute atomic E-state index is 0.0122. The Labute approximate surface area is 187 Å². The van der Waals surface area contributed by atoms with Gasteiger partial charge in [0.05, 0.1) is 15.2 Å². The standard InChI is InChI=1S/C25H29N3O2S/c1-16(2)22(27-23(29)18-10-8-17(3)9-11-18)25(30)28-14-12-19(13-15-28)24-26-20-6-4-5-7-21(20)31-24/h4-11,16,19,22H,12-15H2,1-3H3,(H,27,29)/t22-/m0/s1. The lowest BCUT2D eigenvalue weighted by Gasteiger charge is -2.35. The summed E-state index contributed by atoms with van der Waals surface area (Å²) in [6.07, 6.45) is 1.81. The first-order valence-electron chi connectivity index (χ1n) is 10.9. The highest BCUT2D eigenvalue weighted by Crippen LogP contribution is 2.34. The molecule has 5 nitrogen and oxygen atoms in total. The number of hydrogen-bond donors (Lipinski definition) is 1. The predicted octanol–water partition coefficient (Wildman–Crippen LogP) is 4.77. The van der Waals surface area contributed by atoms with Gasteiger partial charge in [0.25, 0.3) is 5.91 Å². The normalized spacial score (nSPS) is 15.9. The molecule has 1 aromatic heterocycles. The van der Waals surface area contributed by atoms with Crippen LogP contribution >= 0.6 is 11.3 Å². The van der Waals surface area contributed by atoms with Gasteiger partial charge < -0.3 is 10.2 Å². The van der Waals surface area contributed by atoms with Crippen molar-refractivity contribution >= 4 is 33.4 Å². The van der Waals surface area contributed by atoms with Crippen molar-refractivity contribution in [2.24, 2.45) is 5.92 Å². The minimum Gasteiger partial charge on any atom is -0.341 e. The van der Waals surface area contributed by atoms with Crippen LogP contribution in [0, 0.1) is 12.8 Å². The van der Waals surface area contributed by atoms with Crippen LogP contribution in [0.25, 0.3) is 10.2 Å². The second-order valence-corrected chi connectivity index (χ2v) is 9.74. The Kier molecular flexibility index (Phi) is 6.37. The molecule has 0 bridgehead atoms. The molecule has 1 aliphatic rings. The summed E-state index contributed by atoms with van der Waals surface area (Å²) >= 11 is 1.76. The first-order chi connectivity index (χ1) is 14.9. The maximum atomic E-state index is 13.2. The van der Waals surface area contributed by atoms with Crippen LogP contribution in [0.5, 0.6) is 0 Å². The highest BCUT2D eigenvalue weighted by Gasteiger charge is 2.32. The number of rotatable bonds is 5. The number of hydrogen-bond acceptors (Lipinski definition) is 4. The lowest BCUT2D eigenvalue weighted by Crippen LogP contribution is -2.52. The molecule has 0 spiro atoms. The highest BCUT2D eigenvalue weighted by molar-refractivity contribution is 7.18. The van der Waals surface area contributed by atoms with Gasteiger partial charge in [0.15, 0.2) is 0 Å². The summed E-state index contributed by atoms with van der Waals surface area (Å²) in [6, 6.07) is 15.1. The van der Waals surface area contributed by atoms with E-state index in [9.17, 15) is 9.59 Å². The van der Waals surface area contributed by atoms with Crippen LogP contribution < -0.4 is 5.32 Å². The average Bonchev–Trinajstić information content (AvgIpc) is 3.21. The van der Waals surface area contributed by atoms with Gasteiger partial charge in [-0.15, -0.1) is 11.3 Å². The molecule has 2 heterocycles. The minimum atomic E-state index is -0.521. The molecule has 1 N–H and O–H groups in total. The van der Waals surface area contributed by atoms with Crippen molar-refractivity contribution in [1.82, 2.24) is 15.2 Å². The fourth-order valence-electron chi connectivity index (χ4n) is 4.05. The van der Waals surface area contributed by atoms with Crippen LogP contribution in [-0.2, 0) is 4.79 Å². The van der Waals surface area contributed by atoms with Gasteiger partial charge in [-0.05, 0) is 49.9 Å². The quantitative estimate of drug-likeness (QED) is 0.628. The molecule has 1 saturated heterocycles. The number of likely N-dealkylation sites (tertiary alicyclic amines) is 1. The van der Waals surface area contributed by atoms with E-state index in [1.54, 1.807) is 23.5 Å². The highest BCUT2D eigenvalue weighted by atomic mass is 32.1. The Morgan fingerprint density at radius 3 is 2.39 bits per heavy atom. The molecular formula is C25H29N3O2S. The zero-order valence-corrected chi connectivity index (χ0v) is 19.1. The third-order valence-corrected chi connectivity index (χ3v) is 7.20. The summed E-state index contributed by atoms with van der Waals surface area (Å²) in [6.45, 7) is 7.34. The number of para-hydroxylation sites is 1. The van der Waals surface area contributed by atoms with Gasteiger partial charge >= 0.3 is 0 Å². The molecule has 3 aromatic rings. The van der Waals surface area contributed by atoms with Crippen LogP contribution in [0.3, 0.4) is 0 Å². The number of fused-ring (bicyclic) bond motifs is 1. The molecule has 31 heavy (non-hydrogen) atoms. The van der Waals surface area contributed by atoms with Crippen LogP contribution in [0.2, 0.25) is 0 Å². The van der Waals surface area contributed by atoms with Crippen molar-refractivity contribution in [3.05, 3.63) is 64.7 Å². The number of piperidine rings is 1. The number of nitrogens with one attached hydrogen (secondary N) is 1. The Hall–Kier alpha value is -2.73. The van der Waals surface area contributed by atoms with Gasteiger partial charge in [-0.1, -0.05) is 43.7 Å². The van der Waals surface area contributed by atoms with Gasteiger partial charge in [0.2, 0.25) is 5.91 Å². The lowest BCUT2D eigenvalue weighted by molar-refractivity contribution is -0.135. The molecular weight excluding hydrogens is 406 g/mol. The molecule has 1 fully saturated rings. The number of thiazole rings is 1. The Morgan fingerprint density at radius 2 is 1.74 bits per heavy atom. The molecule has 0 radical (unpaired) electrons. The van der Waals surface area contributed by atoms with Crippen molar-refractivity contribution in [1.29, 1.82) is 0 Å². The smallest absolute Gasteiger partial charge is 0.251 e. The number of nitrogens with zero attached hydrogens (tertiary/aromatic N) is 2. The van der Waals surface area contributed by atoms with E-state index < -0.39 is 6.04 Å². The first-order valence-corrected chi connectivity index (χ1v) is 11.8. The maximum absolute atomic E-state index is 13.2. The Bertz CT molecular complexity index is 1030. The van der Waals surface area contributed by atoms with E-state index in [1.165, 1.54) is 9.71 Å². The summed E-state index contributed by atoms with van der Waals surface area (Å²) in [4.78, 5) is 32.6. The molecule has 1 aliphatic heterocycles. The summed E-state index contributed by atoms with van der Waals surface area (Å²) in [5, 5.41) is 4.14. The third kappa shape index (κ3) is 4.79. The summed E-state index contributed by atoms with van der Waals surface area (Å²) in [5.74, 6) is 0.222. The van der Waals surface area contributed by atoms with Crippen LogP contribution in [0.4, 0.5) is 0 Å². The SMILES string of the molecule is Cc1ccc(C(=O)N[C@H](C(=O)N2CCC(c3nc4ccccc4s3)CC2)C(C)C)cc1. The van der Waals surface area contributed by atoms with E-state index in [0.717, 1.165) is 23.9 Å². The molecule has 0 aliphatic carbocycles. The van der Waals surface area contributed by atoms with Crippen molar-refractivity contribution in [3.63, 3.8) is 0 Å². The molecule has 162 valence electrons. The van der Waals surface area contributed by atoms with Gasteiger partial charge in [-0.3, -0.25) is 9.59 Å². The van der Waals surface area contributed by atoms with E-state index in [4.69, 9.17) is 4.98 Å². The number of benzene rings is 2. The second-order valence-electron chi connectivity index (χ2n) is 8.68. The van der Waals surface area contributed by atoms with Gasteiger partial charge in [-0.2, -0.15) is 0 Å². The van der Waals surface area contributed by atoms with Crippen LogP contribution in [0.1, 0.15) is 53.5 Å². The van der Waals surface area contributed by atoms with Crippen molar-refractivity contribution in [3.8, 4) is 0 Å². The molecule has 1 atom stereocenters. The van der Waals surface area contributed by atoms with Crippen molar-refractivity contribution in [2.45, 2.75) is 45.6 Å². The zero-order chi connectivity index (χ0) is 22.0. The number of aryl methyl sites for hydroxylation is 1. The predicted molar refractivity (Wildman–Crippen MR) is 125 cm³/mol. The average molecular weight is 436 g/mol. The van der Waals surface area contributed by atoms with Crippen LogP contribution in [0.15, 0.2) is 48.5 Å². The van der Waals surface area contributed by atoms with Crippen molar-refractivity contribution < 1.29 is 9.59 Å². The Balaban J connectivity index is 1.39. The summed E-state index contributed by atoms with van der Waals surface area (Å²) in [5.41, 5.74) is 2.74. The van der Waals surface area contributed by atoms with Gasteiger partial charge in [0, 0.05) is 24.6 Å².